The van der Waals surface area contributed by atoms with E-state index in [-0.39, 0.29) is 0 Å². The summed E-state index contributed by atoms with van der Waals surface area (Å²) in [4.78, 5) is 0. The lowest BCUT2D eigenvalue weighted by Gasteiger charge is -2.35. The largest absolute Gasteiger partial charge is 0.0623 e. The second-order valence-electron chi connectivity index (χ2n) is 5.08. The van der Waals surface area contributed by atoms with Crippen LogP contribution in [-0.2, 0) is 0 Å². The molecule has 0 amide bonds. The molecule has 0 atom stereocenters. The summed E-state index contributed by atoms with van der Waals surface area (Å²) in [7, 11) is 0. The van der Waals surface area contributed by atoms with Crippen LogP contribution in [0.25, 0.3) is 0 Å². The van der Waals surface area contributed by atoms with Gasteiger partial charge in [-0.1, -0.05) is 52.9 Å². The third kappa shape index (κ3) is 2.50. The van der Waals surface area contributed by atoms with Crippen molar-refractivity contribution >= 4 is 0 Å². The van der Waals surface area contributed by atoms with E-state index >= 15 is 0 Å². The van der Waals surface area contributed by atoms with Crippen LogP contribution in [-0.4, -0.2) is 0 Å². The standard InChI is InChI=1S/C12H24/c1-11(2)12(3)9-7-5-4-6-8-10-12/h11H,4-10H2,1-3H3. The first kappa shape index (κ1) is 10.1. The highest BCUT2D eigenvalue weighted by Crippen LogP contribution is 2.39. The van der Waals surface area contributed by atoms with Gasteiger partial charge in [-0.2, -0.15) is 0 Å². The van der Waals surface area contributed by atoms with E-state index in [0.29, 0.717) is 5.41 Å². The van der Waals surface area contributed by atoms with Crippen molar-refractivity contribution in [3.8, 4) is 0 Å². The molecule has 1 fully saturated rings. The summed E-state index contributed by atoms with van der Waals surface area (Å²) < 4.78 is 0. The molecule has 0 nitrogen and oxygen atoms in total. The molecule has 0 N–H and O–H groups in total. The van der Waals surface area contributed by atoms with Gasteiger partial charge in [0.05, 0.1) is 0 Å². The molecule has 1 saturated carbocycles. The van der Waals surface area contributed by atoms with Crippen LogP contribution < -0.4 is 0 Å². The van der Waals surface area contributed by atoms with Crippen LogP contribution in [0.4, 0.5) is 0 Å². The first-order chi connectivity index (χ1) is 5.65. The molecule has 0 unspecified atom stereocenters. The molecule has 0 heteroatoms. The van der Waals surface area contributed by atoms with Crippen LogP contribution >= 0.6 is 0 Å². The second kappa shape index (κ2) is 4.30. The van der Waals surface area contributed by atoms with E-state index in [1.165, 1.54) is 44.9 Å². The highest BCUT2D eigenvalue weighted by atomic mass is 14.3. The average molecular weight is 168 g/mol. The predicted molar refractivity (Wildman–Crippen MR) is 55.3 cm³/mol. The van der Waals surface area contributed by atoms with E-state index < -0.39 is 0 Å². The van der Waals surface area contributed by atoms with E-state index in [9.17, 15) is 0 Å². The van der Waals surface area contributed by atoms with Gasteiger partial charge in [0.15, 0.2) is 0 Å². The van der Waals surface area contributed by atoms with Gasteiger partial charge in [0.25, 0.3) is 0 Å². The molecule has 1 aliphatic carbocycles. The van der Waals surface area contributed by atoms with Gasteiger partial charge < -0.3 is 0 Å². The van der Waals surface area contributed by atoms with Gasteiger partial charge in [0.1, 0.15) is 0 Å². The zero-order chi connectivity index (χ0) is 9.03. The van der Waals surface area contributed by atoms with Crippen LogP contribution in [0.15, 0.2) is 0 Å². The predicted octanol–water partition coefficient (Wildman–Crippen LogP) is 4.39. The number of hydrogen-bond donors (Lipinski definition) is 0. The first-order valence-corrected chi connectivity index (χ1v) is 5.65. The van der Waals surface area contributed by atoms with Crippen molar-refractivity contribution in [3.05, 3.63) is 0 Å². The summed E-state index contributed by atoms with van der Waals surface area (Å²) in [6.07, 6.45) is 10.3. The molecule has 0 aromatic rings. The topological polar surface area (TPSA) is 0 Å². The molecular weight excluding hydrogens is 144 g/mol. The Morgan fingerprint density at radius 2 is 1.25 bits per heavy atom. The smallest absolute Gasteiger partial charge is 0.0303 e. The summed E-state index contributed by atoms with van der Waals surface area (Å²) in [5.74, 6) is 0.871. The third-order valence-corrected chi connectivity index (χ3v) is 3.89. The van der Waals surface area contributed by atoms with E-state index in [2.05, 4.69) is 20.8 Å². The van der Waals surface area contributed by atoms with Crippen molar-refractivity contribution in [1.29, 1.82) is 0 Å². The molecule has 1 aliphatic rings. The van der Waals surface area contributed by atoms with Gasteiger partial charge >= 0.3 is 0 Å². The molecule has 72 valence electrons. The third-order valence-electron chi connectivity index (χ3n) is 3.89. The molecule has 0 saturated heterocycles. The molecule has 0 heterocycles. The number of rotatable bonds is 1. The average Bonchev–Trinajstić information content (AvgIpc) is 1.97. The fourth-order valence-corrected chi connectivity index (χ4v) is 2.29. The maximum atomic E-state index is 2.49. The van der Waals surface area contributed by atoms with Gasteiger partial charge in [-0.15, -0.1) is 0 Å². The Labute approximate surface area is 77.7 Å². The maximum absolute atomic E-state index is 2.49. The molecule has 0 spiro atoms. The minimum atomic E-state index is 0.653. The first-order valence-electron chi connectivity index (χ1n) is 5.65. The van der Waals surface area contributed by atoms with Crippen LogP contribution in [0.2, 0.25) is 0 Å². The summed E-state index contributed by atoms with van der Waals surface area (Å²) in [5, 5.41) is 0. The van der Waals surface area contributed by atoms with Crippen LogP contribution in [0.5, 0.6) is 0 Å². The Hall–Kier alpha value is 0. The van der Waals surface area contributed by atoms with Gasteiger partial charge in [-0.3, -0.25) is 0 Å². The van der Waals surface area contributed by atoms with Gasteiger partial charge in [-0.05, 0) is 24.2 Å². The molecule has 0 aromatic carbocycles. The fourth-order valence-electron chi connectivity index (χ4n) is 2.29. The summed E-state index contributed by atoms with van der Waals surface area (Å²) in [5.41, 5.74) is 0.653. The lowest BCUT2D eigenvalue weighted by molar-refractivity contribution is 0.160. The second-order valence-corrected chi connectivity index (χ2v) is 5.08. The Kier molecular flexibility index (Phi) is 3.61. The van der Waals surface area contributed by atoms with Crippen LogP contribution in [0, 0.1) is 11.3 Å². The van der Waals surface area contributed by atoms with E-state index in [1.807, 2.05) is 0 Å². The summed E-state index contributed by atoms with van der Waals surface area (Å²) in [6, 6.07) is 0. The van der Waals surface area contributed by atoms with Crippen LogP contribution in [0.3, 0.4) is 0 Å². The fraction of sp³-hybridized carbons (Fsp3) is 1.00. The molecule has 12 heavy (non-hydrogen) atoms. The van der Waals surface area contributed by atoms with Crippen molar-refractivity contribution < 1.29 is 0 Å². The van der Waals surface area contributed by atoms with Crippen molar-refractivity contribution in [3.63, 3.8) is 0 Å². The normalized spacial score (nSPS) is 25.0. The zero-order valence-corrected chi connectivity index (χ0v) is 9.03. The van der Waals surface area contributed by atoms with E-state index in [1.54, 1.807) is 0 Å². The minimum absolute atomic E-state index is 0.653. The van der Waals surface area contributed by atoms with Crippen molar-refractivity contribution in [1.82, 2.24) is 0 Å². The molecule has 0 aromatic heterocycles. The monoisotopic (exact) mass is 168 g/mol. The lowest BCUT2D eigenvalue weighted by atomic mass is 9.70. The Balaban J connectivity index is 2.48. The van der Waals surface area contributed by atoms with E-state index in [0.717, 1.165) is 5.92 Å². The van der Waals surface area contributed by atoms with E-state index in [4.69, 9.17) is 0 Å². The maximum Gasteiger partial charge on any atom is -0.0303 e. The van der Waals surface area contributed by atoms with Gasteiger partial charge in [-0.25, -0.2) is 0 Å². The minimum Gasteiger partial charge on any atom is -0.0623 e. The highest BCUT2D eigenvalue weighted by Gasteiger charge is 2.27. The van der Waals surface area contributed by atoms with Gasteiger partial charge in [0, 0.05) is 0 Å². The zero-order valence-electron chi connectivity index (χ0n) is 9.03. The van der Waals surface area contributed by atoms with Gasteiger partial charge in [0.2, 0.25) is 0 Å². The van der Waals surface area contributed by atoms with Crippen molar-refractivity contribution in [2.24, 2.45) is 11.3 Å². The quantitative estimate of drug-likeness (QED) is 0.544. The molecule has 0 bridgehead atoms. The van der Waals surface area contributed by atoms with Crippen LogP contribution in [0.1, 0.15) is 65.7 Å². The lowest BCUT2D eigenvalue weighted by Crippen LogP contribution is -2.24. The van der Waals surface area contributed by atoms with Crippen molar-refractivity contribution in [2.45, 2.75) is 65.7 Å². The molecular formula is C12H24. The van der Waals surface area contributed by atoms with Crippen molar-refractivity contribution in [2.75, 3.05) is 0 Å². The Bertz CT molecular complexity index is 116. The SMILES string of the molecule is CC(C)C1(C)CCCCCCC1. The summed E-state index contributed by atoms with van der Waals surface area (Å²) >= 11 is 0. The number of hydrogen-bond acceptors (Lipinski definition) is 0. The highest BCUT2D eigenvalue weighted by molar-refractivity contribution is 4.78. The summed E-state index contributed by atoms with van der Waals surface area (Å²) in [6.45, 7) is 7.27. The Morgan fingerprint density at radius 1 is 0.833 bits per heavy atom. The molecule has 0 aliphatic heterocycles. The molecule has 0 radical (unpaired) electrons. The molecule has 1 rings (SSSR count). The Morgan fingerprint density at radius 3 is 1.67 bits per heavy atom.